The number of fused-ring (bicyclic) bond motifs is 1. The lowest BCUT2D eigenvalue weighted by Gasteiger charge is -2.18. The molecule has 0 bridgehead atoms. The Morgan fingerprint density at radius 2 is 2.07 bits per heavy atom. The number of rotatable bonds is 7. The Kier molecular flexibility index (Phi) is 5.59. The summed E-state index contributed by atoms with van der Waals surface area (Å²) in [6.45, 7) is 4.20. The molecule has 1 atom stereocenters. The Bertz CT molecular complexity index is 1320. The van der Waals surface area contributed by atoms with Gasteiger partial charge >= 0.3 is 5.76 Å². The highest BCUT2D eigenvalue weighted by molar-refractivity contribution is 7.89. The quantitative estimate of drug-likeness (QED) is 0.471. The van der Waals surface area contributed by atoms with Gasteiger partial charge in [-0.05, 0) is 66.4 Å². The van der Waals surface area contributed by atoms with Crippen molar-refractivity contribution < 1.29 is 12.8 Å². The highest BCUT2D eigenvalue weighted by Gasteiger charge is 2.24. The highest BCUT2D eigenvalue weighted by atomic mass is 32.2. The third-order valence-electron chi connectivity index (χ3n) is 4.87. The summed E-state index contributed by atoms with van der Waals surface area (Å²) in [6, 6.07) is 9.63. The molecule has 30 heavy (non-hydrogen) atoms. The number of aromatic nitrogens is 2. The molecule has 1 N–H and O–H groups in total. The molecule has 156 valence electrons. The van der Waals surface area contributed by atoms with Crippen LogP contribution in [0.2, 0.25) is 0 Å². The number of thiophene rings is 1. The lowest BCUT2D eigenvalue weighted by Crippen LogP contribution is -2.30. The lowest BCUT2D eigenvalue weighted by molar-refractivity contribution is 0.512. The molecule has 3 aromatic heterocycles. The second-order valence-electron chi connectivity index (χ2n) is 7.01. The summed E-state index contributed by atoms with van der Waals surface area (Å²) in [5.74, 6) is -0.505. The van der Waals surface area contributed by atoms with Gasteiger partial charge in [0.25, 0.3) is 0 Å². The zero-order chi connectivity index (χ0) is 21.3. The van der Waals surface area contributed by atoms with Gasteiger partial charge in [0.05, 0.1) is 22.1 Å². The molecule has 0 saturated carbocycles. The third kappa shape index (κ3) is 4.09. The lowest BCUT2D eigenvalue weighted by atomic mass is 10.1. The summed E-state index contributed by atoms with van der Waals surface area (Å²) < 4.78 is 35.7. The van der Waals surface area contributed by atoms with E-state index in [9.17, 15) is 13.2 Å². The van der Waals surface area contributed by atoms with Gasteiger partial charge in [-0.3, -0.25) is 9.55 Å². The molecular formula is C21H21N3O4S2. The normalized spacial score (nSPS) is 13.0. The van der Waals surface area contributed by atoms with Crippen LogP contribution in [0, 0.1) is 6.92 Å². The molecule has 0 aliphatic rings. The van der Waals surface area contributed by atoms with E-state index in [0.29, 0.717) is 24.2 Å². The molecule has 0 aliphatic heterocycles. The van der Waals surface area contributed by atoms with E-state index >= 15 is 0 Å². The van der Waals surface area contributed by atoms with Crippen LogP contribution in [0.15, 0.2) is 67.5 Å². The summed E-state index contributed by atoms with van der Waals surface area (Å²) in [6.07, 6.45) is 2.20. The minimum atomic E-state index is -3.88. The van der Waals surface area contributed by atoms with Crippen molar-refractivity contribution >= 4 is 32.5 Å². The maximum absolute atomic E-state index is 13.2. The fraction of sp³-hybridized carbons (Fsp3) is 0.238. The monoisotopic (exact) mass is 443 g/mol. The number of hydrogen-bond donors (Lipinski definition) is 1. The van der Waals surface area contributed by atoms with E-state index in [-0.39, 0.29) is 10.5 Å². The number of hydrogen-bond acceptors (Lipinski definition) is 6. The second-order valence-corrected chi connectivity index (χ2v) is 9.51. The Balaban J connectivity index is 1.69. The van der Waals surface area contributed by atoms with Crippen molar-refractivity contribution in [3.63, 3.8) is 0 Å². The summed E-state index contributed by atoms with van der Waals surface area (Å²) in [5.41, 5.74) is 3.47. The average Bonchev–Trinajstić information content (AvgIpc) is 3.33. The van der Waals surface area contributed by atoms with Gasteiger partial charge in [0.1, 0.15) is 0 Å². The van der Waals surface area contributed by atoms with E-state index in [0.717, 1.165) is 11.1 Å². The molecule has 3 heterocycles. The van der Waals surface area contributed by atoms with Crippen LogP contribution in [0.5, 0.6) is 0 Å². The van der Waals surface area contributed by atoms with Gasteiger partial charge in [-0.15, -0.1) is 0 Å². The van der Waals surface area contributed by atoms with Crippen LogP contribution < -0.4 is 10.5 Å². The number of nitrogens with one attached hydrogen (secondary N) is 1. The molecule has 0 fully saturated rings. The molecule has 0 unspecified atom stereocenters. The summed E-state index contributed by atoms with van der Waals surface area (Å²) in [4.78, 5) is 16.4. The SMILES string of the molecule is CCn1c(=O)oc2cc(S(=O)(=O)N[C@H](Cc3ccsc3)c3ccc(C)cn3)ccc21. The van der Waals surface area contributed by atoms with E-state index in [1.165, 1.54) is 16.7 Å². The first-order valence-electron chi connectivity index (χ1n) is 9.46. The van der Waals surface area contributed by atoms with Crippen molar-refractivity contribution in [1.82, 2.24) is 14.3 Å². The number of sulfonamides is 1. The fourth-order valence-corrected chi connectivity index (χ4v) is 5.21. The molecule has 0 spiro atoms. The van der Waals surface area contributed by atoms with Crippen LogP contribution in [-0.4, -0.2) is 18.0 Å². The van der Waals surface area contributed by atoms with E-state index in [1.54, 1.807) is 23.6 Å². The molecule has 0 radical (unpaired) electrons. The molecule has 4 rings (SSSR count). The van der Waals surface area contributed by atoms with Crippen molar-refractivity contribution in [3.8, 4) is 0 Å². The Hall–Kier alpha value is -2.75. The van der Waals surface area contributed by atoms with Crippen molar-refractivity contribution in [2.24, 2.45) is 0 Å². The van der Waals surface area contributed by atoms with Gasteiger partial charge in [-0.1, -0.05) is 6.07 Å². The highest BCUT2D eigenvalue weighted by Crippen LogP contribution is 2.24. The van der Waals surface area contributed by atoms with Crippen LogP contribution in [0.3, 0.4) is 0 Å². The van der Waals surface area contributed by atoms with Crippen LogP contribution in [0.4, 0.5) is 0 Å². The first-order valence-corrected chi connectivity index (χ1v) is 11.9. The summed E-state index contributed by atoms with van der Waals surface area (Å²) in [5, 5.41) is 3.95. The third-order valence-corrected chi connectivity index (χ3v) is 7.08. The van der Waals surface area contributed by atoms with Crippen LogP contribution >= 0.6 is 11.3 Å². The maximum Gasteiger partial charge on any atom is 0.419 e. The molecule has 9 heteroatoms. The van der Waals surface area contributed by atoms with Crippen LogP contribution in [-0.2, 0) is 23.0 Å². The van der Waals surface area contributed by atoms with E-state index < -0.39 is 21.8 Å². The Morgan fingerprint density at radius 3 is 2.73 bits per heavy atom. The van der Waals surface area contributed by atoms with Gasteiger partial charge in [0, 0.05) is 18.8 Å². The first-order chi connectivity index (χ1) is 14.4. The number of oxazole rings is 1. The van der Waals surface area contributed by atoms with Gasteiger partial charge in [-0.25, -0.2) is 17.9 Å². The van der Waals surface area contributed by atoms with Crippen LogP contribution in [0.25, 0.3) is 11.1 Å². The Morgan fingerprint density at radius 1 is 1.23 bits per heavy atom. The number of aryl methyl sites for hydroxylation is 2. The number of benzene rings is 1. The molecule has 0 aliphatic carbocycles. The van der Waals surface area contributed by atoms with E-state index in [2.05, 4.69) is 9.71 Å². The molecule has 0 saturated heterocycles. The second kappa shape index (κ2) is 8.17. The smallest absolute Gasteiger partial charge is 0.408 e. The zero-order valence-electron chi connectivity index (χ0n) is 16.5. The predicted octanol–water partition coefficient (Wildman–Crippen LogP) is 3.64. The maximum atomic E-state index is 13.2. The minimum absolute atomic E-state index is 0.0365. The van der Waals surface area contributed by atoms with Gasteiger partial charge in [0.15, 0.2) is 5.58 Å². The topological polar surface area (TPSA) is 94.2 Å². The molecule has 1 aromatic carbocycles. The molecule has 0 amide bonds. The van der Waals surface area contributed by atoms with Crippen molar-refractivity contribution in [3.05, 3.63) is 80.7 Å². The van der Waals surface area contributed by atoms with Gasteiger partial charge in [0.2, 0.25) is 10.0 Å². The van der Waals surface area contributed by atoms with Gasteiger partial charge < -0.3 is 4.42 Å². The Labute approximate surface area is 178 Å². The summed E-state index contributed by atoms with van der Waals surface area (Å²) >= 11 is 1.56. The fourth-order valence-electron chi connectivity index (χ4n) is 3.31. The largest absolute Gasteiger partial charge is 0.419 e. The van der Waals surface area contributed by atoms with E-state index in [4.69, 9.17) is 4.42 Å². The predicted molar refractivity (Wildman–Crippen MR) is 116 cm³/mol. The first kappa shape index (κ1) is 20.5. The summed E-state index contributed by atoms with van der Waals surface area (Å²) in [7, 11) is -3.88. The average molecular weight is 444 g/mol. The minimum Gasteiger partial charge on any atom is -0.408 e. The molecular weight excluding hydrogens is 422 g/mol. The van der Waals surface area contributed by atoms with Crippen molar-refractivity contribution in [1.29, 1.82) is 0 Å². The van der Waals surface area contributed by atoms with E-state index in [1.807, 2.05) is 42.8 Å². The molecule has 7 nitrogen and oxygen atoms in total. The van der Waals surface area contributed by atoms with Crippen molar-refractivity contribution in [2.75, 3.05) is 0 Å². The molecule has 4 aromatic rings. The van der Waals surface area contributed by atoms with Gasteiger partial charge in [-0.2, -0.15) is 11.3 Å². The van der Waals surface area contributed by atoms with Crippen LogP contribution in [0.1, 0.15) is 29.8 Å². The zero-order valence-corrected chi connectivity index (χ0v) is 18.2. The number of nitrogens with zero attached hydrogens (tertiary/aromatic N) is 2. The van der Waals surface area contributed by atoms with Crippen molar-refractivity contribution in [2.45, 2.75) is 37.8 Å². The number of pyridine rings is 1. The standard InChI is InChI=1S/C21H21N3O4S2/c1-3-24-19-7-5-16(11-20(19)28-21(24)25)30(26,27)23-18(10-15-8-9-29-13-15)17-6-4-14(2)12-22-17/h4-9,11-13,18,23H,3,10H2,1-2H3/t18-/m1/s1.